The lowest BCUT2D eigenvalue weighted by Gasteiger charge is -2.50. The van der Waals surface area contributed by atoms with E-state index >= 15 is 0 Å². The zero-order valence-electron chi connectivity index (χ0n) is 19.3. The zero-order chi connectivity index (χ0) is 22.8. The molecule has 0 bridgehead atoms. The lowest BCUT2D eigenvalue weighted by Crippen LogP contribution is -2.58. The Labute approximate surface area is 195 Å². The Balaban J connectivity index is 1.36. The zero-order valence-corrected chi connectivity index (χ0v) is 19.3. The second kappa shape index (κ2) is 8.90. The Morgan fingerprint density at radius 3 is 2.58 bits per heavy atom. The van der Waals surface area contributed by atoms with Gasteiger partial charge in [-0.25, -0.2) is 9.78 Å². The van der Waals surface area contributed by atoms with Crippen LogP contribution >= 0.6 is 0 Å². The maximum atomic E-state index is 13.0. The number of aromatic nitrogens is 2. The number of carbonyl (C=O) groups is 1. The molecule has 2 aliphatic rings. The molecule has 0 saturated carbocycles. The summed E-state index contributed by atoms with van der Waals surface area (Å²) in [7, 11) is 1.63. The highest BCUT2D eigenvalue weighted by molar-refractivity contribution is 5.89. The summed E-state index contributed by atoms with van der Waals surface area (Å²) in [6.45, 7) is 6.52. The SMILES string of the molecule is CCN1CCn2c(-c3ccccc3)cnc2C12CCN(C(=O)Nc1cccc(OC)c1)CC2. The van der Waals surface area contributed by atoms with E-state index in [0.717, 1.165) is 49.7 Å². The van der Waals surface area contributed by atoms with Crippen molar-refractivity contribution in [3.63, 3.8) is 0 Å². The number of carbonyl (C=O) groups excluding carboxylic acids is 1. The normalized spacial score (nSPS) is 17.6. The number of methoxy groups -OCH3 is 1. The van der Waals surface area contributed by atoms with E-state index in [-0.39, 0.29) is 11.6 Å². The number of hydrogen-bond donors (Lipinski definition) is 1. The molecule has 1 saturated heterocycles. The van der Waals surface area contributed by atoms with Crippen LogP contribution in [0.25, 0.3) is 11.3 Å². The summed E-state index contributed by atoms with van der Waals surface area (Å²) in [5.41, 5.74) is 2.99. The highest BCUT2D eigenvalue weighted by Gasteiger charge is 2.47. The molecule has 1 spiro atoms. The van der Waals surface area contributed by atoms with Crippen LogP contribution in [0.15, 0.2) is 60.8 Å². The molecular formula is C26H31N5O2. The molecule has 3 aromatic rings. The van der Waals surface area contributed by atoms with Gasteiger partial charge in [-0.1, -0.05) is 43.3 Å². The Kier molecular flexibility index (Phi) is 5.81. The van der Waals surface area contributed by atoms with E-state index in [1.165, 1.54) is 11.3 Å². The number of hydrogen-bond acceptors (Lipinski definition) is 4. The van der Waals surface area contributed by atoms with Gasteiger partial charge in [0, 0.05) is 37.9 Å². The third kappa shape index (κ3) is 3.86. The number of likely N-dealkylation sites (tertiary alicyclic amines) is 1. The molecular weight excluding hydrogens is 414 g/mol. The van der Waals surface area contributed by atoms with Gasteiger partial charge in [0.05, 0.1) is 24.5 Å². The van der Waals surface area contributed by atoms with E-state index in [2.05, 4.69) is 46.0 Å². The van der Waals surface area contributed by atoms with Crippen LogP contribution in [0, 0.1) is 0 Å². The van der Waals surface area contributed by atoms with Crippen LogP contribution in [0.2, 0.25) is 0 Å². The third-order valence-electron chi connectivity index (χ3n) is 7.12. The molecule has 172 valence electrons. The molecule has 3 heterocycles. The van der Waals surface area contributed by atoms with E-state index in [0.29, 0.717) is 13.1 Å². The van der Waals surface area contributed by atoms with Gasteiger partial charge in [0.1, 0.15) is 11.6 Å². The highest BCUT2D eigenvalue weighted by atomic mass is 16.5. The number of nitrogens with zero attached hydrogens (tertiary/aromatic N) is 4. The number of imidazole rings is 1. The minimum atomic E-state index is -0.132. The van der Waals surface area contributed by atoms with Gasteiger partial charge in [-0.15, -0.1) is 0 Å². The number of piperidine rings is 1. The number of ether oxygens (including phenoxy) is 1. The Bertz CT molecular complexity index is 1120. The number of fused-ring (bicyclic) bond motifs is 2. The number of rotatable bonds is 4. The van der Waals surface area contributed by atoms with Gasteiger partial charge in [-0.2, -0.15) is 0 Å². The summed E-state index contributed by atoms with van der Waals surface area (Å²) in [6, 6.07) is 17.9. The van der Waals surface area contributed by atoms with E-state index < -0.39 is 0 Å². The summed E-state index contributed by atoms with van der Waals surface area (Å²) < 4.78 is 7.67. The minimum absolute atomic E-state index is 0.0646. The van der Waals surface area contributed by atoms with Crippen LogP contribution in [0.1, 0.15) is 25.6 Å². The first kappa shape index (κ1) is 21.5. The lowest BCUT2D eigenvalue weighted by molar-refractivity contribution is 0.00390. The standard InChI is InChI=1S/C26H31N5O2/c1-3-30-16-17-31-23(20-8-5-4-6-9-20)19-27-24(31)26(30)12-14-29(15-13-26)25(32)28-21-10-7-11-22(18-21)33-2/h4-11,18-19H,3,12-17H2,1-2H3,(H,28,32). The molecule has 2 amide bonds. The average Bonchev–Trinajstić information content (AvgIpc) is 3.31. The highest BCUT2D eigenvalue weighted by Crippen LogP contribution is 2.42. The van der Waals surface area contributed by atoms with E-state index in [4.69, 9.17) is 9.72 Å². The number of amides is 2. The van der Waals surface area contributed by atoms with Crippen LogP contribution < -0.4 is 10.1 Å². The van der Waals surface area contributed by atoms with Crippen molar-refractivity contribution in [2.75, 3.05) is 38.6 Å². The van der Waals surface area contributed by atoms with Gasteiger partial charge >= 0.3 is 6.03 Å². The van der Waals surface area contributed by atoms with Gasteiger partial charge in [0.2, 0.25) is 0 Å². The predicted octanol–water partition coefficient (Wildman–Crippen LogP) is 4.42. The largest absolute Gasteiger partial charge is 0.497 e. The number of likely N-dealkylation sites (N-methyl/N-ethyl adjacent to an activating group) is 1. The summed E-state index contributed by atoms with van der Waals surface area (Å²) in [5.74, 6) is 1.87. The molecule has 1 aromatic heterocycles. The van der Waals surface area contributed by atoms with Crippen molar-refractivity contribution in [1.29, 1.82) is 0 Å². The van der Waals surface area contributed by atoms with E-state index in [1.807, 2.05) is 41.4 Å². The lowest BCUT2D eigenvalue weighted by atomic mass is 9.83. The van der Waals surface area contributed by atoms with Crippen molar-refractivity contribution >= 4 is 11.7 Å². The number of benzene rings is 2. The molecule has 33 heavy (non-hydrogen) atoms. The van der Waals surface area contributed by atoms with E-state index in [9.17, 15) is 4.79 Å². The van der Waals surface area contributed by atoms with Gasteiger partial charge in [0.25, 0.3) is 0 Å². The van der Waals surface area contributed by atoms with E-state index in [1.54, 1.807) is 7.11 Å². The molecule has 5 rings (SSSR count). The Morgan fingerprint density at radius 2 is 1.85 bits per heavy atom. The second-order valence-corrected chi connectivity index (χ2v) is 8.75. The minimum Gasteiger partial charge on any atom is -0.497 e. The molecule has 1 N–H and O–H groups in total. The molecule has 7 heteroatoms. The summed E-state index contributed by atoms with van der Waals surface area (Å²) >= 11 is 0. The maximum absolute atomic E-state index is 13.0. The molecule has 1 fully saturated rings. The molecule has 2 aromatic carbocycles. The van der Waals surface area contributed by atoms with Crippen molar-refractivity contribution in [2.24, 2.45) is 0 Å². The Hall–Kier alpha value is -3.32. The molecule has 7 nitrogen and oxygen atoms in total. The van der Waals surface area contributed by atoms with Crippen molar-refractivity contribution in [3.05, 3.63) is 66.6 Å². The topological polar surface area (TPSA) is 62.6 Å². The van der Waals surface area contributed by atoms with Gasteiger partial charge in [-0.3, -0.25) is 4.90 Å². The molecule has 2 aliphatic heterocycles. The molecule has 0 radical (unpaired) electrons. The van der Waals surface area contributed by atoms with Crippen LogP contribution in [0.5, 0.6) is 5.75 Å². The number of anilines is 1. The first-order valence-electron chi connectivity index (χ1n) is 11.7. The van der Waals surface area contributed by atoms with Gasteiger partial charge in [-0.05, 0) is 37.1 Å². The average molecular weight is 446 g/mol. The van der Waals surface area contributed by atoms with Crippen LogP contribution in [-0.2, 0) is 12.1 Å². The number of urea groups is 1. The summed E-state index contributed by atoms with van der Waals surface area (Å²) in [4.78, 5) is 22.4. The fourth-order valence-corrected chi connectivity index (χ4v) is 5.37. The number of nitrogens with one attached hydrogen (secondary N) is 1. The maximum Gasteiger partial charge on any atom is 0.321 e. The quantitative estimate of drug-likeness (QED) is 0.646. The van der Waals surface area contributed by atoms with Crippen molar-refractivity contribution in [2.45, 2.75) is 31.8 Å². The molecule has 0 unspecified atom stereocenters. The monoisotopic (exact) mass is 445 g/mol. The van der Waals surface area contributed by atoms with Gasteiger partial charge in [0.15, 0.2) is 0 Å². The fraction of sp³-hybridized carbons (Fsp3) is 0.385. The second-order valence-electron chi connectivity index (χ2n) is 8.75. The van der Waals surface area contributed by atoms with Crippen LogP contribution in [0.3, 0.4) is 0 Å². The smallest absolute Gasteiger partial charge is 0.321 e. The fourth-order valence-electron chi connectivity index (χ4n) is 5.37. The summed E-state index contributed by atoms with van der Waals surface area (Å²) in [5, 5.41) is 3.02. The third-order valence-corrected chi connectivity index (χ3v) is 7.12. The first-order chi connectivity index (χ1) is 16.1. The molecule has 0 aliphatic carbocycles. The van der Waals surface area contributed by atoms with Crippen LogP contribution in [-0.4, -0.2) is 58.7 Å². The predicted molar refractivity (Wildman–Crippen MR) is 129 cm³/mol. The van der Waals surface area contributed by atoms with Crippen molar-refractivity contribution in [1.82, 2.24) is 19.4 Å². The summed E-state index contributed by atoms with van der Waals surface area (Å²) in [6.07, 6.45) is 3.77. The Morgan fingerprint density at radius 1 is 1.06 bits per heavy atom. The van der Waals surface area contributed by atoms with Crippen LogP contribution in [0.4, 0.5) is 10.5 Å². The van der Waals surface area contributed by atoms with Gasteiger partial charge < -0.3 is 19.5 Å². The van der Waals surface area contributed by atoms with Crippen molar-refractivity contribution in [3.8, 4) is 17.0 Å². The van der Waals surface area contributed by atoms with Crippen molar-refractivity contribution < 1.29 is 9.53 Å². The first-order valence-corrected chi connectivity index (χ1v) is 11.7. The molecule has 0 atom stereocenters.